The molecule has 2 saturated carbocycles. The van der Waals surface area contributed by atoms with Crippen LogP contribution in [0.4, 0.5) is 0 Å². The number of carbonyl (C=O) groups excluding carboxylic acids is 2. The Bertz CT molecular complexity index is 605. The van der Waals surface area contributed by atoms with E-state index in [0.717, 1.165) is 44.1 Å². The molecule has 0 aliphatic heterocycles. The lowest BCUT2D eigenvalue weighted by Gasteiger charge is -2.25. The molecule has 0 radical (unpaired) electrons. The summed E-state index contributed by atoms with van der Waals surface area (Å²) < 4.78 is 0. The first kappa shape index (κ1) is 18.9. The molecule has 0 bridgehead atoms. The maximum absolute atomic E-state index is 12.8. The van der Waals surface area contributed by atoms with Gasteiger partial charge in [0.05, 0.1) is 12.0 Å². The van der Waals surface area contributed by atoms with Crippen LogP contribution in [0.3, 0.4) is 0 Å². The van der Waals surface area contributed by atoms with Crippen LogP contribution in [-0.2, 0) is 15.0 Å². The third kappa shape index (κ3) is 4.44. The quantitative estimate of drug-likeness (QED) is 0.731. The molecule has 2 fully saturated rings. The molecule has 0 aromatic heterocycles. The van der Waals surface area contributed by atoms with Crippen LogP contribution in [-0.4, -0.2) is 35.6 Å². The van der Waals surface area contributed by atoms with Crippen molar-refractivity contribution in [1.82, 2.24) is 10.6 Å². The van der Waals surface area contributed by atoms with Crippen molar-refractivity contribution in [2.75, 3.05) is 6.61 Å². The summed E-state index contributed by atoms with van der Waals surface area (Å²) in [6.45, 7) is -0.380. The molecule has 0 saturated heterocycles. The summed E-state index contributed by atoms with van der Waals surface area (Å²) in [6.07, 6.45) is 9.47. The molecule has 5 heteroatoms. The van der Waals surface area contributed by atoms with E-state index < -0.39 is 11.5 Å². The lowest BCUT2D eigenvalue weighted by Crippen LogP contribution is -2.53. The van der Waals surface area contributed by atoms with Crippen LogP contribution in [0.25, 0.3) is 0 Å². The fourth-order valence-electron chi connectivity index (χ4n) is 3.92. The van der Waals surface area contributed by atoms with Gasteiger partial charge in [0.15, 0.2) is 0 Å². The minimum atomic E-state index is -0.880. The third-order valence-electron chi connectivity index (χ3n) is 5.77. The highest BCUT2D eigenvalue weighted by molar-refractivity contribution is 5.95. The molecule has 1 unspecified atom stereocenters. The van der Waals surface area contributed by atoms with E-state index in [9.17, 15) is 14.7 Å². The number of nitrogens with one attached hydrogen (secondary N) is 2. The molecule has 1 aromatic carbocycles. The number of carbonyl (C=O) groups is 2. The fraction of sp³-hybridized carbons (Fsp3) is 0.619. The van der Waals surface area contributed by atoms with Crippen LogP contribution in [0.5, 0.6) is 0 Å². The van der Waals surface area contributed by atoms with Crippen LogP contribution in [0, 0.1) is 0 Å². The number of benzene rings is 1. The Morgan fingerprint density at radius 1 is 1.04 bits per heavy atom. The van der Waals surface area contributed by atoms with Crippen LogP contribution in [0.2, 0.25) is 0 Å². The molecular weight excluding hydrogens is 328 g/mol. The van der Waals surface area contributed by atoms with E-state index in [1.165, 1.54) is 19.3 Å². The topological polar surface area (TPSA) is 78.4 Å². The number of aliphatic hydroxyl groups excluding tert-OH is 1. The van der Waals surface area contributed by atoms with Gasteiger partial charge < -0.3 is 15.7 Å². The van der Waals surface area contributed by atoms with Crippen molar-refractivity contribution in [2.45, 2.75) is 75.3 Å². The third-order valence-corrected chi connectivity index (χ3v) is 5.77. The van der Waals surface area contributed by atoms with E-state index >= 15 is 0 Å². The maximum Gasteiger partial charge on any atom is 0.245 e. The number of amides is 2. The summed E-state index contributed by atoms with van der Waals surface area (Å²) in [7, 11) is 0. The largest absolute Gasteiger partial charge is 0.394 e. The van der Waals surface area contributed by atoms with E-state index in [2.05, 4.69) is 10.6 Å². The van der Waals surface area contributed by atoms with Crippen molar-refractivity contribution >= 4 is 11.8 Å². The molecule has 0 spiro atoms. The monoisotopic (exact) mass is 358 g/mol. The van der Waals surface area contributed by atoms with Gasteiger partial charge in [-0.2, -0.15) is 0 Å². The van der Waals surface area contributed by atoms with Crippen LogP contribution >= 0.6 is 0 Å². The summed E-state index contributed by atoms with van der Waals surface area (Å²) in [5, 5.41) is 15.5. The first-order valence-electron chi connectivity index (χ1n) is 9.93. The van der Waals surface area contributed by atoms with Crippen molar-refractivity contribution in [3.8, 4) is 0 Å². The minimum absolute atomic E-state index is 0.151. The smallest absolute Gasteiger partial charge is 0.245 e. The maximum atomic E-state index is 12.8. The van der Waals surface area contributed by atoms with E-state index in [4.69, 9.17) is 0 Å². The normalized spacial score (nSPS) is 21.1. The van der Waals surface area contributed by atoms with Crippen LogP contribution in [0.1, 0.15) is 63.4 Å². The molecule has 1 atom stereocenters. The zero-order chi connectivity index (χ0) is 18.4. The Morgan fingerprint density at radius 2 is 1.65 bits per heavy atom. The second-order valence-electron chi connectivity index (χ2n) is 7.71. The number of rotatable bonds is 6. The lowest BCUT2D eigenvalue weighted by molar-refractivity contribution is -0.131. The zero-order valence-electron chi connectivity index (χ0n) is 15.4. The Balaban J connectivity index is 1.58. The van der Waals surface area contributed by atoms with Gasteiger partial charge in [0, 0.05) is 6.04 Å². The van der Waals surface area contributed by atoms with Crippen molar-refractivity contribution in [3.05, 3.63) is 35.9 Å². The van der Waals surface area contributed by atoms with Gasteiger partial charge in [-0.15, -0.1) is 0 Å². The van der Waals surface area contributed by atoms with Gasteiger partial charge in [0.2, 0.25) is 11.8 Å². The first-order valence-corrected chi connectivity index (χ1v) is 9.93. The summed E-state index contributed by atoms with van der Waals surface area (Å²) >= 11 is 0. The molecule has 5 nitrogen and oxygen atoms in total. The van der Waals surface area contributed by atoms with Gasteiger partial charge in [-0.1, -0.05) is 62.4 Å². The Hall–Kier alpha value is -1.88. The highest BCUT2D eigenvalue weighted by Crippen LogP contribution is 2.48. The zero-order valence-corrected chi connectivity index (χ0v) is 15.4. The Morgan fingerprint density at radius 3 is 2.23 bits per heavy atom. The van der Waals surface area contributed by atoms with Crippen molar-refractivity contribution in [1.29, 1.82) is 0 Å². The molecule has 26 heavy (non-hydrogen) atoms. The second-order valence-corrected chi connectivity index (χ2v) is 7.71. The summed E-state index contributed by atoms with van der Waals surface area (Å²) in [6, 6.07) is 8.95. The highest BCUT2D eigenvalue weighted by Gasteiger charge is 2.51. The van der Waals surface area contributed by atoms with Gasteiger partial charge in [0.1, 0.15) is 6.04 Å². The van der Waals surface area contributed by atoms with Gasteiger partial charge in [-0.25, -0.2) is 0 Å². The molecular formula is C21H30N2O3. The fourth-order valence-corrected chi connectivity index (χ4v) is 3.92. The minimum Gasteiger partial charge on any atom is -0.394 e. The molecule has 3 rings (SSSR count). The van der Waals surface area contributed by atoms with Crippen LogP contribution < -0.4 is 10.6 Å². The van der Waals surface area contributed by atoms with Gasteiger partial charge in [0.25, 0.3) is 0 Å². The van der Waals surface area contributed by atoms with Crippen LogP contribution in [0.15, 0.2) is 30.3 Å². The SMILES string of the molecule is O=C(NC1CCCCCCC1)C(CO)NC(=O)C1(c2ccccc2)CC1. The van der Waals surface area contributed by atoms with Crippen molar-refractivity contribution in [3.63, 3.8) is 0 Å². The lowest BCUT2D eigenvalue weighted by atomic mass is 9.94. The summed E-state index contributed by atoms with van der Waals surface area (Å²) in [5.74, 6) is -0.425. The van der Waals surface area contributed by atoms with E-state index in [0.29, 0.717) is 0 Å². The van der Waals surface area contributed by atoms with Crippen molar-refractivity contribution < 1.29 is 14.7 Å². The molecule has 0 heterocycles. The van der Waals surface area contributed by atoms with Crippen molar-refractivity contribution in [2.24, 2.45) is 0 Å². The molecule has 3 N–H and O–H groups in total. The number of hydrogen-bond donors (Lipinski definition) is 3. The van der Waals surface area contributed by atoms with E-state index in [1.54, 1.807) is 0 Å². The van der Waals surface area contributed by atoms with E-state index in [1.807, 2.05) is 30.3 Å². The van der Waals surface area contributed by atoms with Gasteiger partial charge in [-0.3, -0.25) is 9.59 Å². The second kappa shape index (κ2) is 8.67. The van der Waals surface area contributed by atoms with Gasteiger partial charge in [-0.05, 0) is 31.2 Å². The highest BCUT2D eigenvalue weighted by atomic mass is 16.3. The number of hydrogen-bond acceptors (Lipinski definition) is 3. The summed E-state index contributed by atoms with van der Waals surface area (Å²) in [5.41, 5.74) is 0.449. The Kier molecular flexibility index (Phi) is 6.30. The predicted molar refractivity (Wildman–Crippen MR) is 101 cm³/mol. The molecule has 2 aliphatic carbocycles. The average Bonchev–Trinajstić information content (AvgIpc) is 3.44. The molecule has 142 valence electrons. The predicted octanol–water partition coefficient (Wildman–Crippen LogP) is 2.42. The van der Waals surface area contributed by atoms with E-state index in [-0.39, 0.29) is 24.5 Å². The Labute approximate surface area is 155 Å². The summed E-state index contributed by atoms with van der Waals surface area (Å²) in [4.78, 5) is 25.4. The molecule has 2 aliphatic rings. The standard InChI is InChI=1S/C21H30N2O3/c24-15-18(19(25)22-17-11-7-2-1-3-8-12-17)23-20(26)21(13-14-21)16-9-5-4-6-10-16/h4-6,9-10,17-18,24H,1-3,7-8,11-15H2,(H,22,25)(H,23,26). The molecule has 2 amide bonds. The first-order chi connectivity index (χ1) is 12.7. The van der Waals surface area contributed by atoms with Gasteiger partial charge >= 0.3 is 0 Å². The molecule has 1 aromatic rings. The number of aliphatic hydroxyl groups is 1. The average molecular weight is 358 g/mol.